The van der Waals surface area contributed by atoms with E-state index in [-0.39, 0.29) is 6.09 Å². The van der Waals surface area contributed by atoms with E-state index in [1.54, 1.807) is 24.6 Å². The second kappa shape index (κ2) is 4.13. The lowest BCUT2D eigenvalue weighted by Gasteiger charge is -2.22. The van der Waals surface area contributed by atoms with Crippen molar-refractivity contribution in [2.45, 2.75) is 26.4 Å². The lowest BCUT2D eigenvalue weighted by atomic mass is 10.2. The van der Waals surface area contributed by atoms with E-state index in [2.05, 4.69) is 0 Å². The van der Waals surface area contributed by atoms with Crippen LogP contribution in [0.4, 0.5) is 4.79 Å². The number of ether oxygens (including phenoxy) is 1. The highest BCUT2D eigenvalue weighted by atomic mass is 16.6. The summed E-state index contributed by atoms with van der Waals surface area (Å²) in [5, 5.41) is 0. The van der Waals surface area contributed by atoms with Gasteiger partial charge >= 0.3 is 6.09 Å². The van der Waals surface area contributed by atoms with Gasteiger partial charge in [0, 0.05) is 12.4 Å². The Morgan fingerprint density at radius 3 is 2.00 bits per heavy atom. The lowest BCUT2D eigenvalue weighted by molar-refractivity contribution is 0.0400. The standard InChI is InChI=1S/C11H15NO2/c1-11(2,3)14-10(13)12-8-6-4-5-7-9-12/h4-9H,1-3H3. The minimum atomic E-state index is -0.460. The first-order valence-electron chi connectivity index (χ1n) is 4.52. The highest BCUT2D eigenvalue weighted by molar-refractivity contribution is 5.71. The van der Waals surface area contributed by atoms with E-state index < -0.39 is 5.60 Å². The topological polar surface area (TPSA) is 29.5 Å². The summed E-state index contributed by atoms with van der Waals surface area (Å²) >= 11 is 0. The van der Waals surface area contributed by atoms with Gasteiger partial charge in [0.2, 0.25) is 0 Å². The monoisotopic (exact) mass is 193 g/mol. The first-order chi connectivity index (χ1) is 6.49. The van der Waals surface area contributed by atoms with Crippen LogP contribution in [-0.2, 0) is 4.74 Å². The molecule has 0 spiro atoms. The van der Waals surface area contributed by atoms with Crippen LogP contribution in [0.5, 0.6) is 0 Å². The molecule has 0 aromatic heterocycles. The molecule has 1 rings (SSSR count). The van der Waals surface area contributed by atoms with E-state index in [0.29, 0.717) is 0 Å². The molecule has 0 aromatic rings. The van der Waals surface area contributed by atoms with Gasteiger partial charge < -0.3 is 4.74 Å². The second-order valence-electron chi connectivity index (χ2n) is 3.96. The van der Waals surface area contributed by atoms with Crippen LogP contribution in [0.25, 0.3) is 0 Å². The normalized spacial score (nSPS) is 15.5. The number of carbonyl (C=O) groups excluding carboxylic acids is 1. The molecule has 76 valence electrons. The Morgan fingerprint density at radius 1 is 1.07 bits per heavy atom. The fourth-order valence-electron chi connectivity index (χ4n) is 0.899. The van der Waals surface area contributed by atoms with Crippen LogP contribution in [0.1, 0.15) is 20.8 Å². The molecule has 0 N–H and O–H groups in total. The molecule has 0 saturated heterocycles. The second-order valence-corrected chi connectivity index (χ2v) is 3.96. The van der Waals surface area contributed by atoms with Crippen molar-refractivity contribution in [3.8, 4) is 0 Å². The summed E-state index contributed by atoms with van der Waals surface area (Å²) < 4.78 is 5.19. The summed E-state index contributed by atoms with van der Waals surface area (Å²) in [6.45, 7) is 5.52. The Hall–Kier alpha value is -1.51. The number of hydrogen-bond acceptors (Lipinski definition) is 2. The molecular weight excluding hydrogens is 178 g/mol. The number of carbonyl (C=O) groups is 1. The molecule has 0 aromatic carbocycles. The molecule has 1 amide bonds. The van der Waals surface area contributed by atoms with Gasteiger partial charge in [0.25, 0.3) is 0 Å². The molecule has 1 aliphatic rings. The zero-order valence-corrected chi connectivity index (χ0v) is 8.73. The maximum absolute atomic E-state index is 11.5. The van der Waals surface area contributed by atoms with Gasteiger partial charge in [0.05, 0.1) is 0 Å². The highest BCUT2D eigenvalue weighted by Crippen LogP contribution is 2.11. The molecule has 0 saturated carbocycles. The fraction of sp³-hybridized carbons (Fsp3) is 0.364. The van der Waals surface area contributed by atoms with Crippen LogP contribution in [0.15, 0.2) is 36.7 Å². The summed E-state index contributed by atoms with van der Waals surface area (Å²) in [4.78, 5) is 12.9. The third-order valence-electron chi connectivity index (χ3n) is 1.43. The minimum absolute atomic E-state index is 0.367. The molecule has 0 atom stereocenters. The number of amides is 1. The predicted molar refractivity (Wildman–Crippen MR) is 55.5 cm³/mol. The average Bonchev–Trinajstić information content (AvgIpc) is 2.27. The van der Waals surface area contributed by atoms with Crippen molar-refractivity contribution in [1.29, 1.82) is 0 Å². The first-order valence-corrected chi connectivity index (χ1v) is 4.52. The molecule has 14 heavy (non-hydrogen) atoms. The van der Waals surface area contributed by atoms with Crippen molar-refractivity contribution in [1.82, 2.24) is 4.90 Å². The van der Waals surface area contributed by atoms with Crippen LogP contribution in [-0.4, -0.2) is 16.6 Å². The Labute approximate surface area is 84.3 Å². The summed E-state index contributed by atoms with van der Waals surface area (Å²) in [7, 11) is 0. The number of hydrogen-bond donors (Lipinski definition) is 0. The molecule has 0 bridgehead atoms. The van der Waals surface area contributed by atoms with E-state index in [1.807, 2.05) is 32.9 Å². The van der Waals surface area contributed by atoms with Crippen molar-refractivity contribution in [2.24, 2.45) is 0 Å². The molecule has 3 heteroatoms. The van der Waals surface area contributed by atoms with Crippen LogP contribution in [0.3, 0.4) is 0 Å². The van der Waals surface area contributed by atoms with E-state index in [9.17, 15) is 4.79 Å². The van der Waals surface area contributed by atoms with Gasteiger partial charge in [-0.05, 0) is 32.9 Å². The van der Waals surface area contributed by atoms with Crippen molar-refractivity contribution >= 4 is 6.09 Å². The van der Waals surface area contributed by atoms with Crippen LogP contribution in [0.2, 0.25) is 0 Å². The Bertz CT molecular complexity index is 279. The quantitative estimate of drug-likeness (QED) is 0.592. The minimum Gasteiger partial charge on any atom is -0.443 e. The largest absolute Gasteiger partial charge is 0.443 e. The third kappa shape index (κ3) is 3.47. The first kappa shape index (κ1) is 10.6. The van der Waals surface area contributed by atoms with Crippen LogP contribution >= 0.6 is 0 Å². The van der Waals surface area contributed by atoms with Gasteiger partial charge in [-0.1, -0.05) is 12.2 Å². The molecule has 0 unspecified atom stereocenters. The summed E-state index contributed by atoms with van der Waals surface area (Å²) in [6.07, 6.45) is 10.2. The van der Waals surface area contributed by atoms with Gasteiger partial charge in [-0.25, -0.2) is 4.79 Å². The predicted octanol–water partition coefficient (Wildman–Crippen LogP) is 2.82. The number of rotatable bonds is 0. The molecular formula is C11H15NO2. The van der Waals surface area contributed by atoms with Crippen LogP contribution < -0.4 is 0 Å². The smallest absolute Gasteiger partial charge is 0.418 e. The fourth-order valence-corrected chi connectivity index (χ4v) is 0.899. The van der Waals surface area contributed by atoms with E-state index in [1.165, 1.54) is 4.90 Å². The van der Waals surface area contributed by atoms with Gasteiger partial charge in [-0.2, -0.15) is 0 Å². The highest BCUT2D eigenvalue weighted by Gasteiger charge is 2.19. The Balaban J connectivity index is 2.62. The lowest BCUT2D eigenvalue weighted by Crippen LogP contribution is -2.30. The van der Waals surface area contributed by atoms with Gasteiger partial charge in [-0.3, -0.25) is 4.90 Å². The zero-order valence-electron chi connectivity index (χ0n) is 8.73. The molecule has 0 fully saturated rings. The molecule has 1 heterocycles. The molecule has 0 aliphatic carbocycles. The zero-order chi connectivity index (χ0) is 10.6. The summed E-state index contributed by atoms with van der Waals surface area (Å²) in [6, 6.07) is 0. The maximum Gasteiger partial charge on any atom is 0.418 e. The van der Waals surface area contributed by atoms with Gasteiger partial charge in [-0.15, -0.1) is 0 Å². The SMILES string of the molecule is CC(C)(C)OC(=O)N1C=CC=CC=C1. The van der Waals surface area contributed by atoms with E-state index in [0.717, 1.165) is 0 Å². The van der Waals surface area contributed by atoms with Crippen molar-refractivity contribution in [3.05, 3.63) is 36.7 Å². The van der Waals surface area contributed by atoms with Crippen molar-refractivity contribution in [3.63, 3.8) is 0 Å². The average molecular weight is 193 g/mol. The summed E-state index contributed by atoms with van der Waals surface area (Å²) in [5.41, 5.74) is -0.460. The van der Waals surface area contributed by atoms with Gasteiger partial charge in [0.15, 0.2) is 0 Å². The van der Waals surface area contributed by atoms with Crippen molar-refractivity contribution < 1.29 is 9.53 Å². The maximum atomic E-state index is 11.5. The van der Waals surface area contributed by atoms with Crippen molar-refractivity contribution in [2.75, 3.05) is 0 Å². The Kier molecular flexibility index (Phi) is 3.12. The number of allylic oxidation sites excluding steroid dienone is 4. The molecule has 1 aliphatic heterocycles. The number of nitrogens with zero attached hydrogens (tertiary/aromatic N) is 1. The third-order valence-corrected chi connectivity index (χ3v) is 1.43. The van der Waals surface area contributed by atoms with Gasteiger partial charge in [0.1, 0.15) is 5.60 Å². The Morgan fingerprint density at radius 2 is 1.57 bits per heavy atom. The summed E-state index contributed by atoms with van der Waals surface area (Å²) in [5.74, 6) is 0. The molecule has 0 radical (unpaired) electrons. The van der Waals surface area contributed by atoms with E-state index in [4.69, 9.17) is 4.74 Å². The molecule has 3 nitrogen and oxygen atoms in total. The van der Waals surface area contributed by atoms with Crippen LogP contribution in [0, 0.1) is 0 Å². The van der Waals surface area contributed by atoms with E-state index >= 15 is 0 Å².